The van der Waals surface area contributed by atoms with Crippen LogP contribution in [-0.4, -0.2) is 19.5 Å². The van der Waals surface area contributed by atoms with Crippen LogP contribution in [0.1, 0.15) is 32.6 Å². The smallest absolute Gasteiger partial charge is 0.128 e. The molecule has 0 spiro atoms. The molecule has 1 atom stereocenters. The average Bonchev–Trinajstić information content (AvgIpc) is 2.19. The normalized spacial score (nSPS) is 28.4. The minimum atomic E-state index is -0.259. The predicted octanol–water partition coefficient (Wildman–Crippen LogP) is 2.34. The highest BCUT2D eigenvalue weighted by Gasteiger charge is 2.32. The Morgan fingerprint density at radius 3 is 2.92 bits per heavy atom. The zero-order chi connectivity index (χ0) is 9.73. The van der Waals surface area contributed by atoms with Crippen molar-refractivity contribution in [1.29, 1.82) is 0 Å². The summed E-state index contributed by atoms with van der Waals surface area (Å²) >= 11 is 0. The molecule has 1 saturated heterocycles. The molecular weight excluding hydrogens is 164 g/mol. The first-order valence-corrected chi connectivity index (χ1v) is 4.93. The third-order valence-electron chi connectivity index (χ3n) is 2.70. The van der Waals surface area contributed by atoms with Gasteiger partial charge in [-0.15, -0.1) is 0 Å². The molecule has 2 nitrogen and oxygen atoms in total. The Labute approximate surface area is 80.0 Å². The molecule has 1 fully saturated rings. The summed E-state index contributed by atoms with van der Waals surface area (Å²) in [6.45, 7) is 7.40. The van der Waals surface area contributed by atoms with Crippen LogP contribution in [0.25, 0.3) is 0 Å². The summed E-state index contributed by atoms with van der Waals surface area (Å²) in [4.78, 5) is 11.0. The van der Waals surface area contributed by atoms with Gasteiger partial charge in [-0.3, -0.25) is 0 Å². The largest absolute Gasteiger partial charge is 0.380 e. The molecule has 0 aliphatic carbocycles. The number of carbonyl (C=O) groups is 1. The number of rotatable bonds is 4. The first kappa shape index (κ1) is 10.5. The van der Waals surface area contributed by atoms with Crippen LogP contribution in [-0.2, 0) is 9.53 Å². The van der Waals surface area contributed by atoms with Gasteiger partial charge in [-0.05, 0) is 25.7 Å². The maximum absolute atomic E-state index is 11.0. The maximum atomic E-state index is 11.0. The first-order valence-electron chi connectivity index (χ1n) is 4.93. The van der Waals surface area contributed by atoms with E-state index in [1.54, 1.807) is 0 Å². The van der Waals surface area contributed by atoms with Crippen molar-refractivity contribution in [1.82, 2.24) is 0 Å². The van der Waals surface area contributed by atoms with E-state index < -0.39 is 0 Å². The van der Waals surface area contributed by atoms with Crippen molar-refractivity contribution in [2.24, 2.45) is 5.41 Å². The third-order valence-corrected chi connectivity index (χ3v) is 2.70. The van der Waals surface area contributed by atoms with Crippen LogP contribution < -0.4 is 0 Å². The molecule has 0 radical (unpaired) electrons. The maximum Gasteiger partial charge on any atom is 0.128 e. The fourth-order valence-corrected chi connectivity index (χ4v) is 1.77. The summed E-state index contributed by atoms with van der Waals surface area (Å²) in [5, 5.41) is 0. The summed E-state index contributed by atoms with van der Waals surface area (Å²) < 4.78 is 5.35. The van der Waals surface area contributed by atoms with E-state index in [9.17, 15) is 4.79 Å². The van der Waals surface area contributed by atoms with Crippen molar-refractivity contribution >= 4 is 6.29 Å². The molecule has 0 saturated carbocycles. The summed E-state index contributed by atoms with van der Waals surface area (Å²) in [5.74, 6) is 0. The van der Waals surface area contributed by atoms with Crippen molar-refractivity contribution < 1.29 is 9.53 Å². The van der Waals surface area contributed by atoms with E-state index in [4.69, 9.17) is 4.74 Å². The summed E-state index contributed by atoms with van der Waals surface area (Å²) in [7, 11) is 0. The molecule has 0 amide bonds. The Bertz CT molecular complexity index is 190. The average molecular weight is 182 g/mol. The van der Waals surface area contributed by atoms with E-state index in [0.29, 0.717) is 6.61 Å². The number of carbonyl (C=O) groups excluding carboxylic acids is 1. The molecule has 1 aliphatic heterocycles. The number of hydrogen-bond donors (Lipinski definition) is 0. The van der Waals surface area contributed by atoms with E-state index in [1.807, 2.05) is 0 Å². The lowest BCUT2D eigenvalue weighted by Gasteiger charge is -2.32. The van der Waals surface area contributed by atoms with E-state index in [0.717, 1.165) is 44.1 Å². The molecule has 13 heavy (non-hydrogen) atoms. The minimum absolute atomic E-state index is 0.259. The second kappa shape index (κ2) is 4.56. The van der Waals surface area contributed by atoms with E-state index in [2.05, 4.69) is 13.5 Å². The van der Waals surface area contributed by atoms with Gasteiger partial charge in [0.05, 0.1) is 12.0 Å². The highest BCUT2D eigenvalue weighted by molar-refractivity contribution is 5.60. The minimum Gasteiger partial charge on any atom is -0.380 e. The van der Waals surface area contributed by atoms with Gasteiger partial charge in [-0.25, -0.2) is 0 Å². The Morgan fingerprint density at radius 1 is 1.69 bits per heavy atom. The zero-order valence-electron chi connectivity index (χ0n) is 8.34. The lowest BCUT2D eigenvalue weighted by atomic mass is 9.78. The van der Waals surface area contributed by atoms with Crippen LogP contribution in [0.15, 0.2) is 12.2 Å². The molecule has 1 rings (SSSR count). The van der Waals surface area contributed by atoms with Crippen LogP contribution >= 0.6 is 0 Å². The highest BCUT2D eigenvalue weighted by atomic mass is 16.5. The number of hydrogen-bond acceptors (Lipinski definition) is 2. The highest BCUT2D eigenvalue weighted by Crippen LogP contribution is 2.33. The van der Waals surface area contributed by atoms with Crippen LogP contribution in [0.5, 0.6) is 0 Å². The van der Waals surface area contributed by atoms with E-state index in [1.165, 1.54) is 0 Å². The van der Waals surface area contributed by atoms with E-state index in [-0.39, 0.29) is 5.41 Å². The van der Waals surface area contributed by atoms with Crippen molar-refractivity contribution in [3.63, 3.8) is 0 Å². The van der Waals surface area contributed by atoms with Gasteiger partial charge < -0.3 is 9.53 Å². The number of aldehydes is 1. The van der Waals surface area contributed by atoms with Crippen LogP contribution in [0.2, 0.25) is 0 Å². The van der Waals surface area contributed by atoms with Crippen LogP contribution in [0.4, 0.5) is 0 Å². The quantitative estimate of drug-likeness (QED) is 0.492. The van der Waals surface area contributed by atoms with Gasteiger partial charge in [0.25, 0.3) is 0 Å². The molecule has 74 valence electrons. The monoisotopic (exact) mass is 182 g/mol. The predicted molar refractivity (Wildman–Crippen MR) is 52.6 cm³/mol. The number of allylic oxidation sites excluding steroid dienone is 1. The molecule has 2 heteroatoms. The van der Waals surface area contributed by atoms with Gasteiger partial charge in [0, 0.05) is 6.61 Å². The van der Waals surface area contributed by atoms with Crippen molar-refractivity contribution in [2.75, 3.05) is 13.2 Å². The Hall–Kier alpha value is -0.630. The van der Waals surface area contributed by atoms with Gasteiger partial charge in [-0.1, -0.05) is 19.1 Å². The molecule has 0 aromatic rings. The fraction of sp³-hybridized carbons (Fsp3) is 0.727. The second-order valence-electron chi connectivity index (χ2n) is 3.92. The summed E-state index contributed by atoms with van der Waals surface area (Å²) in [6, 6.07) is 0. The van der Waals surface area contributed by atoms with Gasteiger partial charge >= 0.3 is 0 Å². The zero-order valence-corrected chi connectivity index (χ0v) is 8.34. The van der Waals surface area contributed by atoms with Crippen molar-refractivity contribution in [3.05, 3.63) is 12.2 Å². The third kappa shape index (κ3) is 2.66. The lowest BCUT2D eigenvalue weighted by molar-refractivity contribution is -0.123. The summed E-state index contributed by atoms with van der Waals surface area (Å²) in [5.41, 5.74) is 0.892. The molecule has 1 heterocycles. The molecule has 0 aromatic heterocycles. The second-order valence-corrected chi connectivity index (χ2v) is 3.92. The van der Waals surface area contributed by atoms with Crippen molar-refractivity contribution in [3.8, 4) is 0 Å². The molecule has 0 bridgehead atoms. The van der Waals surface area contributed by atoms with Gasteiger partial charge in [0.2, 0.25) is 0 Å². The standard InChI is InChI=1S/C11H18O2/c1-3-10(2)7-11(8-12)5-4-6-13-9-11/h8H,2-7,9H2,1H3. The SMILES string of the molecule is C=C(CC)CC1(C=O)CCCOC1. The number of ether oxygens (including phenoxy) is 1. The molecular formula is C11H18O2. The molecule has 0 N–H and O–H groups in total. The topological polar surface area (TPSA) is 26.3 Å². The Morgan fingerprint density at radius 2 is 2.46 bits per heavy atom. The van der Waals surface area contributed by atoms with Crippen molar-refractivity contribution in [2.45, 2.75) is 32.6 Å². The lowest BCUT2D eigenvalue weighted by Crippen LogP contribution is -2.33. The first-order chi connectivity index (χ1) is 6.22. The van der Waals surface area contributed by atoms with E-state index >= 15 is 0 Å². The Balaban J connectivity index is 2.57. The van der Waals surface area contributed by atoms with Gasteiger partial charge in [0.15, 0.2) is 0 Å². The fourth-order valence-electron chi connectivity index (χ4n) is 1.77. The Kier molecular flexibility index (Phi) is 3.67. The molecule has 1 aliphatic rings. The van der Waals surface area contributed by atoms with Gasteiger partial charge in [0.1, 0.15) is 6.29 Å². The molecule has 1 unspecified atom stereocenters. The molecule has 0 aromatic carbocycles. The van der Waals surface area contributed by atoms with Crippen LogP contribution in [0, 0.1) is 5.41 Å². The van der Waals surface area contributed by atoms with Gasteiger partial charge in [-0.2, -0.15) is 0 Å². The van der Waals surface area contributed by atoms with Crippen LogP contribution in [0.3, 0.4) is 0 Å². The summed E-state index contributed by atoms with van der Waals surface area (Å²) in [6.07, 6.45) is 4.76.